The molecule has 3 nitrogen and oxygen atoms in total. The highest BCUT2D eigenvalue weighted by atomic mass is 35.5. The Bertz CT molecular complexity index is 508. The molecule has 1 aromatic carbocycles. The molecular weight excluding hydrogens is 304 g/mol. The average molecular weight is 322 g/mol. The summed E-state index contributed by atoms with van der Waals surface area (Å²) >= 11 is 11.9. The molecule has 0 aliphatic heterocycles. The first kappa shape index (κ1) is 17.2. The Labute approximate surface area is 128 Å². The van der Waals surface area contributed by atoms with Crippen molar-refractivity contribution in [1.82, 2.24) is 4.90 Å². The summed E-state index contributed by atoms with van der Waals surface area (Å²) in [6.45, 7) is 3.84. The van der Waals surface area contributed by atoms with Crippen LogP contribution in [-0.2, 0) is 15.1 Å². The summed E-state index contributed by atoms with van der Waals surface area (Å²) in [5.74, 6) is -0.932. The first-order valence-corrected chi connectivity index (χ1v) is 6.96. The van der Waals surface area contributed by atoms with Gasteiger partial charge in [-0.25, -0.2) is 4.39 Å². The Morgan fingerprint density at radius 2 is 1.95 bits per heavy atom. The van der Waals surface area contributed by atoms with Crippen LogP contribution >= 0.6 is 23.2 Å². The molecule has 112 valence electrons. The van der Waals surface area contributed by atoms with Gasteiger partial charge in [0, 0.05) is 5.02 Å². The zero-order valence-corrected chi connectivity index (χ0v) is 13.5. The van der Waals surface area contributed by atoms with E-state index in [1.807, 2.05) is 0 Å². The van der Waals surface area contributed by atoms with Gasteiger partial charge in [-0.3, -0.25) is 9.69 Å². The molecule has 1 aromatic rings. The molecule has 1 rings (SSSR count). The van der Waals surface area contributed by atoms with Crippen molar-refractivity contribution in [3.8, 4) is 0 Å². The zero-order valence-electron chi connectivity index (χ0n) is 12.0. The maximum absolute atomic E-state index is 13.7. The summed E-state index contributed by atoms with van der Waals surface area (Å²) in [5, 5.41) is 0.271. The maximum Gasteiger partial charge on any atom is 0.308 e. The molecular formula is C14H18Cl2FNO2. The summed E-state index contributed by atoms with van der Waals surface area (Å²) < 4.78 is 18.7. The topological polar surface area (TPSA) is 29.5 Å². The Kier molecular flexibility index (Phi) is 5.80. The zero-order chi connectivity index (χ0) is 15.5. The second kappa shape index (κ2) is 6.74. The predicted molar refractivity (Wildman–Crippen MR) is 78.7 cm³/mol. The van der Waals surface area contributed by atoms with Gasteiger partial charge < -0.3 is 4.74 Å². The van der Waals surface area contributed by atoms with Gasteiger partial charge in [0.15, 0.2) is 0 Å². The lowest BCUT2D eigenvalue weighted by molar-refractivity contribution is -0.146. The highest BCUT2D eigenvalue weighted by Crippen LogP contribution is 2.37. The molecule has 0 radical (unpaired) electrons. The summed E-state index contributed by atoms with van der Waals surface area (Å²) in [4.78, 5) is 13.6. The van der Waals surface area contributed by atoms with Gasteiger partial charge in [-0.15, -0.1) is 0 Å². The van der Waals surface area contributed by atoms with Crippen molar-refractivity contribution in [2.24, 2.45) is 0 Å². The van der Waals surface area contributed by atoms with Gasteiger partial charge in [-0.05, 0) is 45.6 Å². The van der Waals surface area contributed by atoms with E-state index >= 15 is 0 Å². The summed E-state index contributed by atoms with van der Waals surface area (Å²) in [5.41, 5.74) is -0.284. The van der Waals surface area contributed by atoms with Gasteiger partial charge >= 0.3 is 5.97 Å². The number of hydrogen-bond acceptors (Lipinski definition) is 3. The van der Waals surface area contributed by atoms with Crippen LogP contribution in [0.5, 0.6) is 0 Å². The van der Waals surface area contributed by atoms with E-state index < -0.39 is 11.4 Å². The lowest BCUT2D eigenvalue weighted by Crippen LogP contribution is -2.41. The molecule has 1 unspecified atom stereocenters. The number of carbonyl (C=O) groups excluding carboxylic acids is 1. The minimum Gasteiger partial charge on any atom is -0.466 e. The van der Waals surface area contributed by atoms with Gasteiger partial charge in [0.25, 0.3) is 0 Å². The van der Waals surface area contributed by atoms with E-state index in [0.29, 0.717) is 17.2 Å². The molecule has 1 atom stereocenters. The third-order valence-electron chi connectivity index (χ3n) is 3.37. The largest absolute Gasteiger partial charge is 0.466 e. The van der Waals surface area contributed by atoms with Gasteiger partial charge in [0.05, 0.1) is 23.6 Å². The van der Waals surface area contributed by atoms with E-state index in [9.17, 15) is 9.18 Å². The summed E-state index contributed by atoms with van der Waals surface area (Å²) in [7, 11) is 3.59. The van der Waals surface area contributed by atoms with E-state index in [0.717, 1.165) is 0 Å². The van der Waals surface area contributed by atoms with Crippen molar-refractivity contribution in [2.45, 2.75) is 25.8 Å². The van der Waals surface area contributed by atoms with Crippen LogP contribution in [0.2, 0.25) is 10.0 Å². The molecule has 0 saturated carbocycles. The number of ether oxygens (including phenoxy) is 1. The number of halogens is 3. The van der Waals surface area contributed by atoms with Crippen molar-refractivity contribution >= 4 is 29.2 Å². The smallest absolute Gasteiger partial charge is 0.308 e. The highest BCUT2D eigenvalue weighted by Gasteiger charge is 2.35. The summed E-state index contributed by atoms with van der Waals surface area (Å²) in [6.07, 6.45) is 0.0641. The van der Waals surface area contributed by atoms with Crippen molar-refractivity contribution < 1.29 is 13.9 Å². The highest BCUT2D eigenvalue weighted by molar-refractivity contribution is 6.35. The van der Waals surface area contributed by atoms with Crippen LogP contribution in [0, 0.1) is 5.82 Å². The number of carbonyl (C=O) groups is 1. The van der Waals surface area contributed by atoms with Crippen molar-refractivity contribution in [1.29, 1.82) is 0 Å². The van der Waals surface area contributed by atoms with Crippen LogP contribution in [0.3, 0.4) is 0 Å². The fraction of sp³-hybridized carbons (Fsp3) is 0.500. The number of nitrogens with zero attached hydrogens (tertiary/aromatic N) is 1. The molecule has 20 heavy (non-hydrogen) atoms. The van der Waals surface area contributed by atoms with E-state index in [4.69, 9.17) is 27.9 Å². The standard InChI is InChI=1S/C14H18Cl2FNO2/c1-5-20-13(19)8-14(2,18(3)4)9-6-12(17)11(16)7-10(9)15/h6-7H,5,8H2,1-4H3. The molecule has 0 fully saturated rings. The van der Waals surface area contributed by atoms with Gasteiger partial charge in [0.2, 0.25) is 0 Å². The number of rotatable bonds is 5. The molecule has 0 N–H and O–H groups in total. The third-order valence-corrected chi connectivity index (χ3v) is 3.97. The lowest BCUT2D eigenvalue weighted by Gasteiger charge is -2.37. The fourth-order valence-corrected chi connectivity index (χ4v) is 2.51. The quantitative estimate of drug-likeness (QED) is 0.609. The minimum atomic E-state index is -0.783. The van der Waals surface area contributed by atoms with Gasteiger partial charge in [0.1, 0.15) is 5.82 Å². The molecule has 0 bridgehead atoms. The van der Waals surface area contributed by atoms with Crippen LogP contribution in [-0.4, -0.2) is 31.6 Å². The molecule has 0 aliphatic rings. The SMILES string of the molecule is CCOC(=O)CC(C)(c1cc(F)c(Cl)cc1Cl)N(C)C. The average Bonchev–Trinajstić information content (AvgIpc) is 2.33. The van der Waals surface area contributed by atoms with Crippen LogP contribution in [0.1, 0.15) is 25.8 Å². The Balaban J connectivity index is 3.26. The molecule has 0 heterocycles. The lowest BCUT2D eigenvalue weighted by atomic mass is 9.87. The normalized spacial score (nSPS) is 14.2. The molecule has 0 saturated heterocycles. The maximum atomic E-state index is 13.7. The predicted octanol–water partition coefficient (Wildman–Crippen LogP) is 3.86. The van der Waals surface area contributed by atoms with E-state index in [1.54, 1.807) is 32.8 Å². The van der Waals surface area contributed by atoms with Crippen molar-refractivity contribution in [2.75, 3.05) is 20.7 Å². The number of hydrogen-bond donors (Lipinski definition) is 0. The first-order valence-electron chi connectivity index (χ1n) is 6.20. The van der Waals surface area contributed by atoms with Crippen molar-refractivity contribution in [3.63, 3.8) is 0 Å². The van der Waals surface area contributed by atoms with Crippen LogP contribution in [0.15, 0.2) is 12.1 Å². The van der Waals surface area contributed by atoms with Crippen LogP contribution in [0.25, 0.3) is 0 Å². The monoisotopic (exact) mass is 321 g/mol. The van der Waals surface area contributed by atoms with Crippen molar-refractivity contribution in [3.05, 3.63) is 33.6 Å². The number of benzene rings is 1. The molecule has 0 spiro atoms. The van der Waals surface area contributed by atoms with Crippen LogP contribution < -0.4 is 0 Å². The van der Waals surface area contributed by atoms with E-state index in [-0.39, 0.29) is 17.4 Å². The molecule has 0 amide bonds. The Hall–Kier alpha value is -0.840. The molecule has 0 aromatic heterocycles. The third kappa shape index (κ3) is 3.62. The Morgan fingerprint density at radius 3 is 2.45 bits per heavy atom. The Morgan fingerprint density at radius 1 is 1.35 bits per heavy atom. The molecule has 6 heteroatoms. The van der Waals surface area contributed by atoms with Crippen LogP contribution in [0.4, 0.5) is 4.39 Å². The summed E-state index contributed by atoms with van der Waals surface area (Å²) in [6, 6.07) is 2.62. The fourth-order valence-electron chi connectivity index (χ4n) is 1.92. The minimum absolute atomic E-state index is 0.0454. The van der Waals surface area contributed by atoms with E-state index in [1.165, 1.54) is 12.1 Å². The second-order valence-corrected chi connectivity index (χ2v) is 5.71. The second-order valence-electron chi connectivity index (χ2n) is 4.90. The van der Waals surface area contributed by atoms with E-state index in [2.05, 4.69) is 0 Å². The number of esters is 1. The molecule has 0 aliphatic carbocycles. The van der Waals surface area contributed by atoms with Gasteiger partial charge in [-0.2, -0.15) is 0 Å². The van der Waals surface area contributed by atoms with Gasteiger partial charge in [-0.1, -0.05) is 23.2 Å². The first-order chi connectivity index (χ1) is 9.22.